The molecule has 3 aromatic heterocycles. The summed E-state index contributed by atoms with van der Waals surface area (Å²) >= 11 is 0. The molecule has 3 aliphatic rings. The first kappa shape index (κ1) is 41.8. The molecule has 286 valence electrons. The molecule has 3 aromatic rings. The minimum atomic E-state index is -1.22. The maximum atomic E-state index is 14.3. The van der Waals surface area contributed by atoms with Gasteiger partial charge in [0, 0.05) is 17.5 Å². The summed E-state index contributed by atoms with van der Waals surface area (Å²) in [5.74, 6) is -2.94. The van der Waals surface area contributed by atoms with Gasteiger partial charge in [0.05, 0.1) is 7.11 Å². The van der Waals surface area contributed by atoms with E-state index in [1.807, 2.05) is 52.0 Å². The second-order valence-electron chi connectivity index (χ2n) is 14.6. The minimum absolute atomic E-state index is 0. The number of unbranched alkanes of at least 4 members (excludes halogenated alkanes) is 2. The van der Waals surface area contributed by atoms with Crippen LogP contribution in [0.3, 0.4) is 0 Å². The number of carbonyl (C=O) groups excluding carboxylic acids is 4. The van der Waals surface area contributed by atoms with Gasteiger partial charge in [0.1, 0.15) is 18.8 Å². The van der Waals surface area contributed by atoms with E-state index in [1.165, 1.54) is 19.1 Å². The van der Waals surface area contributed by atoms with Crippen molar-refractivity contribution in [3.05, 3.63) is 94.4 Å². The second-order valence-corrected chi connectivity index (χ2v) is 14.6. The Balaban J connectivity index is 0.00000580. The zero-order valence-corrected chi connectivity index (χ0v) is 34.8. The Morgan fingerprint density at radius 3 is 2.25 bits per heavy atom. The van der Waals surface area contributed by atoms with E-state index in [9.17, 15) is 19.2 Å². The number of aromatic nitrogens is 3. The molecule has 8 bridgehead atoms. The van der Waals surface area contributed by atoms with Crippen LogP contribution in [0.4, 0.5) is 0 Å². The van der Waals surface area contributed by atoms with E-state index in [1.54, 1.807) is 0 Å². The predicted octanol–water partition coefficient (Wildman–Crippen LogP) is 3.82. The Morgan fingerprint density at radius 2 is 1.58 bits per heavy atom. The van der Waals surface area contributed by atoms with Crippen LogP contribution in [-0.4, -0.2) is 66.8 Å². The molecule has 0 fully saturated rings. The van der Waals surface area contributed by atoms with E-state index in [2.05, 4.69) is 20.8 Å². The zero-order valence-electron chi connectivity index (χ0n) is 33.4. The van der Waals surface area contributed by atoms with Crippen LogP contribution < -0.4 is 36.3 Å². The number of aldehydes is 1. The van der Waals surface area contributed by atoms with Crippen LogP contribution in [0.15, 0.2) is 22.9 Å². The number of Topliss-reactive ketones (excluding diaryl/α,β-unsaturated/α-hetero) is 1. The zero-order chi connectivity index (χ0) is 38.8. The largest absolute Gasteiger partial charge is 2.00 e. The second kappa shape index (κ2) is 17.6. The van der Waals surface area contributed by atoms with Gasteiger partial charge in [-0.15, -0.1) is 38.5 Å². The Labute approximate surface area is 338 Å². The number of carbonyl (C=O) groups is 4. The van der Waals surface area contributed by atoms with E-state index >= 15 is 0 Å². The molecular weight excluding hydrogens is 705 g/mol. The van der Waals surface area contributed by atoms with Gasteiger partial charge in [-0.25, -0.2) is 0 Å². The van der Waals surface area contributed by atoms with Gasteiger partial charge in [-0.2, -0.15) is 0 Å². The molecule has 6 rings (SSSR count). The summed E-state index contributed by atoms with van der Waals surface area (Å²) in [5.41, 5.74) is 8.67. The van der Waals surface area contributed by atoms with E-state index in [4.69, 9.17) is 29.7 Å². The van der Waals surface area contributed by atoms with Gasteiger partial charge in [0.2, 0.25) is 0 Å². The van der Waals surface area contributed by atoms with Crippen LogP contribution in [-0.2, 0) is 31.9 Å². The number of rotatable bonds is 13. The summed E-state index contributed by atoms with van der Waals surface area (Å²) < 4.78 is 10.9. The molecule has 55 heavy (non-hydrogen) atoms. The van der Waals surface area contributed by atoms with Crippen molar-refractivity contribution in [2.75, 3.05) is 13.7 Å². The molecule has 0 spiro atoms. The number of fused-ring (bicyclic) bond motifs is 8. The monoisotopic (exact) mass is 754 g/mol. The summed E-state index contributed by atoms with van der Waals surface area (Å²) in [6.07, 6.45) is 14.7. The fourth-order valence-corrected chi connectivity index (χ4v) is 8.27. The van der Waals surface area contributed by atoms with Gasteiger partial charge < -0.3 is 29.7 Å². The smallest absolute Gasteiger partial charge is 0.678 e. The maximum Gasteiger partial charge on any atom is 2.00 e. The number of esters is 2. The van der Waals surface area contributed by atoms with Crippen molar-refractivity contribution in [3.8, 4) is 0 Å². The van der Waals surface area contributed by atoms with Crippen LogP contribution in [0.5, 0.6) is 0 Å². The molecule has 0 saturated carbocycles. The van der Waals surface area contributed by atoms with Gasteiger partial charge in [-0.05, 0) is 71.8 Å². The number of ketones is 1. The predicted molar refractivity (Wildman–Crippen MR) is 213 cm³/mol. The average molecular weight is 755 g/mol. The first-order chi connectivity index (χ1) is 26.0. The van der Waals surface area contributed by atoms with Crippen LogP contribution in [0.25, 0.3) is 29.1 Å². The maximum absolute atomic E-state index is 14.3. The standard InChI is InChI=1S/C44H51N4O6.Mg/c1-9-12-13-14-23(4)17-18-54-37(50)16-15-29-25(6)32-19-31-24(5)27(10-2)34(45-31)21-36-30(22-49)28(11-3)35(46-36)20-33-26(7)38-42(48-33)39(41(29)47-32)40(43(38)51)44(52)53-8;/h17,19-22,29,40-41H,9-16,18H2,1-8H3,(H-,45,46,49,51);/q-3;+2/p-1/b23-17+,31-19-;/t29-,40+,41?;/m0./s1. The molecule has 0 saturated heterocycles. The fraction of sp³-hybridized carbons (Fsp3) is 0.455. The van der Waals surface area contributed by atoms with E-state index in [-0.39, 0.29) is 53.8 Å². The summed E-state index contributed by atoms with van der Waals surface area (Å²) in [6.45, 7) is 14.3. The van der Waals surface area contributed by atoms with Gasteiger partial charge in [-0.1, -0.05) is 96.9 Å². The Kier molecular flexibility index (Phi) is 13.4. The number of ether oxygens (including phenoxy) is 2. The van der Waals surface area contributed by atoms with Crippen LogP contribution >= 0.6 is 0 Å². The topological polar surface area (TPSA) is 143 Å². The van der Waals surface area contributed by atoms with E-state index in [0.29, 0.717) is 69.3 Å². The van der Waals surface area contributed by atoms with Crippen LogP contribution in [0, 0.1) is 25.7 Å². The third-order valence-electron chi connectivity index (χ3n) is 11.4. The van der Waals surface area contributed by atoms with Gasteiger partial charge >= 0.3 is 35.0 Å². The van der Waals surface area contributed by atoms with Gasteiger partial charge in [0.25, 0.3) is 0 Å². The quantitative estimate of drug-likeness (QED) is 0.0636. The molecular formula is C44H50MgN4O6-2. The molecule has 10 nitrogen and oxygen atoms in total. The van der Waals surface area contributed by atoms with Gasteiger partial charge in [0.15, 0.2) is 5.78 Å². The third-order valence-corrected chi connectivity index (χ3v) is 11.4. The summed E-state index contributed by atoms with van der Waals surface area (Å²) in [6, 6.07) is -0.669. The first-order valence-corrected chi connectivity index (χ1v) is 19.2. The van der Waals surface area contributed by atoms with Crippen molar-refractivity contribution in [2.45, 2.75) is 106 Å². The van der Waals surface area contributed by atoms with E-state index in [0.717, 1.165) is 58.5 Å². The molecule has 1 unspecified atom stereocenters. The van der Waals surface area contributed by atoms with Crippen molar-refractivity contribution in [1.82, 2.24) is 15.0 Å². The molecule has 0 radical (unpaired) electrons. The number of allylic oxidation sites excluding steroid dienone is 2. The number of nitrogens with zero attached hydrogens (tertiary/aromatic N) is 4. The molecule has 3 atom stereocenters. The van der Waals surface area contributed by atoms with Crippen molar-refractivity contribution >= 4 is 70.9 Å². The number of hydrogen-bond acceptors (Lipinski definition) is 6. The summed E-state index contributed by atoms with van der Waals surface area (Å²) in [5, 5.41) is 7.64. The van der Waals surface area contributed by atoms with Crippen LogP contribution in [0.1, 0.15) is 128 Å². The Morgan fingerprint density at radius 1 is 0.873 bits per heavy atom. The minimum Gasteiger partial charge on any atom is -0.678 e. The van der Waals surface area contributed by atoms with E-state index < -0.39 is 17.9 Å². The summed E-state index contributed by atoms with van der Waals surface area (Å²) in [4.78, 5) is 68.4. The van der Waals surface area contributed by atoms with Crippen molar-refractivity contribution in [3.63, 3.8) is 0 Å². The van der Waals surface area contributed by atoms with Crippen molar-refractivity contribution in [2.24, 2.45) is 11.8 Å². The Hall–Kier alpha value is -4.35. The number of hydrogen-bond donors (Lipinski definition) is 0. The average Bonchev–Trinajstić information content (AvgIpc) is 3.90. The fourth-order valence-electron chi connectivity index (χ4n) is 8.27. The molecule has 2 aliphatic heterocycles. The molecule has 0 amide bonds. The normalized spacial score (nSPS) is 20.5. The van der Waals surface area contributed by atoms with Crippen LogP contribution in [0.2, 0.25) is 0 Å². The van der Waals surface area contributed by atoms with Crippen molar-refractivity contribution < 1.29 is 28.7 Å². The molecule has 1 aliphatic carbocycles. The van der Waals surface area contributed by atoms with Crippen molar-refractivity contribution in [1.29, 1.82) is 0 Å². The molecule has 0 N–H and O–H groups in total. The molecule has 5 heterocycles. The molecule has 0 aromatic carbocycles. The first-order valence-electron chi connectivity index (χ1n) is 19.2. The molecule has 11 heteroatoms. The number of methoxy groups -OCH3 is 1. The summed E-state index contributed by atoms with van der Waals surface area (Å²) in [7, 11) is 1.27. The Bertz CT molecular complexity index is 2330. The SMILES string of the molecule is CCCCC/C(C)=C/COC(=O)CC[C@H]1C(C)=C2/C=c3\[n-]/c(c(CC)c3C)=C\c3[n-]c(c(CC)c3C=O)/C=c3\[n-]c4c(c3C)C(=O)[C@H](C(=O)OC)C=4C1[N-]2.[Mg+2]. The van der Waals surface area contributed by atoms with Gasteiger partial charge in [-0.3, -0.25) is 19.2 Å². The third kappa shape index (κ3) is 7.87.